The molecule has 0 spiro atoms. The van der Waals surface area contributed by atoms with Gasteiger partial charge in [0.2, 0.25) is 5.91 Å². The molecule has 1 N–H and O–H groups in total. The summed E-state index contributed by atoms with van der Waals surface area (Å²) in [7, 11) is 0. The summed E-state index contributed by atoms with van der Waals surface area (Å²) >= 11 is 0. The molecule has 0 aromatic heterocycles. The maximum Gasteiger partial charge on any atom is 0.230 e. The molecule has 1 atom stereocenters. The largest absolute Gasteiger partial charge is 0.339 e. The van der Waals surface area contributed by atoms with Gasteiger partial charge in [-0.2, -0.15) is 0 Å². The molecule has 1 amide bonds. The van der Waals surface area contributed by atoms with E-state index in [4.69, 9.17) is 0 Å². The first-order valence-electron chi connectivity index (χ1n) is 8.99. The van der Waals surface area contributed by atoms with Crippen molar-refractivity contribution in [3.63, 3.8) is 0 Å². The third-order valence-electron chi connectivity index (χ3n) is 5.69. The summed E-state index contributed by atoms with van der Waals surface area (Å²) in [5.41, 5.74) is -0.153. The van der Waals surface area contributed by atoms with Gasteiger partial charge in [-0.25, -0.2) is 0 Å². The lowest BCUT2D eigenvalue weighted by Crippen LogP contribution is -2.51. The molecular formula is C18H34N2O. The summed E-state index contributed by atoms with van der Waals surface area (Å²) in [4.78, 5) is 15.7. The van der Waals surface area contributed by atoms with Crippen LogP contribution in [0, 0.1) is 17.3 Å². The topological polar surface area (TPSA) is 32.3 Å². The van der Waals surface area contributed by atoms with Crippen molar-refractivity contribution in [1.29, 1.82) is 0 Å². The van der Waals surface area contributed by atoms with Crippen molar-refractivity contribution in [1.82, 2.24) is 10.2 Å². The highest BCUT2D eigenvalue weighted by Crippen LogP contribution is 2.38. The maximum absolute atomic E-state index is 13.4. The lowest BCUT2D eigenvalue weighted by atomic mass is 9.74. The van der Waals surface area contributed by atoms with Gasteiger partial charge >= 0.3 is 0 Å². The fourth-order valence-corrected chi connectivity index (χ4v) is 3.98. The minimum absolute atomic E-state index is 0.153. The van der Waals surface area contributed by atoms with Gasteiger partial charge in [-0.1, -0.05) is 40.5 Å². The van der Waals surface area contributed by atoms with Crippen molar-refractivity contribution >= 4 is 5.91 Å². The monoisotopic (exact) mass is 294 g/mol. The quantitative estimate of drug-likeness (QED) is 0.814. The van der Waals surface area contributed by atoms with Crippen LogP contribution in [0.5, 0.6) is 0 Å². The third-order valence-corrected chi connectivity index (χ3v) is 5.69. The molecule has 3 nitrogen and oxygen atoms in total. The number of amides is 1. The summed E-state index contributed by atoms with van der Waals surface area (Å²) in [5, 5.41) is 3.44. The van der Waals surface area contributed by atoms with Crippen LogP contribution in [-0.4, -0.2) is 36.5 Å². The van der Waals surface area contributed by atoms with E-state index in [1.54, 1.807) is 0 Å². The van der Waals surface area contributed by atoms with Gasteiger partial charge in [-0.15, -0.1) is 0 Å². The van der Waals surface area contributed by atoms with Crippen LogP contribution in [0.15, 0.2) is 0 Å². The lowest BCUT2D eigenvalue weighted by Gasteiger charge is -2.40. The Morgan fingerprint density at radius 2 is 1.90 bits per heavy atom. The van der Waals surface area contributed by atoms with Crippen LogP contribution in [0.4, 0.5) is 0 Å². The van der Waals surface area contributed by atoms with Gasteiger partial charge in [0, 0.05) is 19.1 Å². The molecule has 0 radical (unpaired) electrons. The van der Waals surface area contributed by atoms with Gasteiger partial charge in [-0.05, 0) is 44.1 Å². The molecule has 2 fully saturated rings. The van der Waals surface area contributed by atoms with Crippen LogP contribution in [0.2, 0.25) is 0 Å². The Balaban J connectivity index is 2.15. The first-order valence-corrected chi connectivity index (χ1v) is 8.99. The molecule has 2 aliphatic rings. The molecule has 1 aliphatic carbocycles. The molecule has 2 rings (SSSR count). The molecule has 0 bridgehead atoms. The summed E-state index contributed by atoms with van der Waals surface area (Å²) in [6, 6.07) is 0.507. The van der Waals surface area contributed by atoms with E-state index < -0.39 is 0 Å². The molecule has 1 saturated carbocycles. The molecule has 1 saturated heterocycles. The van der Waals surface area contributed by atoms with Gasteiger partial charge in [0.25, 0.3) is 0 Å². The fraction of sp³-hybridized carbons (Fsp3) is 0.944. The number of nitrogens with one attached hydrogen (secondary N) is 1. The molecule has 21 heavy (non-hydrogen) atoms. The number of carbonyl (C=O) groups is 1. The average molecular weight is 294 g/mol. The number of carbonyl (C=O) groups excluding carboxylic acids is 1. The molecule has 1 heterocycles. The Morgan fingerprint density at radius 1 is 1.24 bits per heavy atom. The average Bonchev–Trinajstić information content (AvgIpc) is 3.10. The lowest BCUT2D eigenvalue weighted by molar-refractivity contribution is -0.146. The highest BCUT2D eigenvalue weighted by molar-refractivity contribution is 5.84. The van der Waals surface area contributed by atoms with Crippen molar-refractivity contribution in [2.45, 2.75) is 72.3 Å². The number of nitrogens with zero attached hydrogens (tertiary/aromatic N) is 1. The van der Waals surface area contributed by atoms with Crippen LogP contribution < -0.4 is 5.32 Å². The summed E-state index contributed by atoms with van der Waals surface area (Å²) in [6.45, 7) is 11.8. The Bertz CT molecular complexity index is 339. The highest BCUT2D eigenvalue weighted by Gasteiger charge is 2.47. The zero-order valence-electron chi connectivity index (χ0n) is 14.5. The number of hydrogen-bond donors (Lipinski definition) is 1. The van der Waals surface area contributed by atoms with Crippen molar-refractivity contribution in [2.24, 2.45) is 17.3 Å². The van der Waals surface area contributed by atoms with Crippen molar-refractivity contribution in [3.05, 3.63) is 0 Å². The SMILES string of the molecule is CC(C)CCN(C(=O)C1(C(C)C)CCNC1)C1CCCC1. The van der Waals surface area contributed by atoms with Crippen LogP contribution in [0.25, 0.3) is 0 Å². The smallest absolute Gasteiger partial charge is 0.230 e. The molecule has 1 unspecified atom stereocenters. The van der Waals surface area contributed by atoms with Crippen LogP contribution in [0.1, 0.15) is 66.2 Å². The van der Waals surface area contributed by atoms with Crippen LogP contribution in [-0.2, 0) is 4.79 Å². The highest BCUT2D eigenvalue weighted by atomic mass is 16.2. The minimum atomic E-state index is -0.153. The second-order valence-electron chi connectivity index (χ2n) is 7.86. The normalized spacial score (nSPS) is 27.0. The molecule has 0 aromatic carbocycles. The summed E-state index contributed by atoms with van der Waals surface area (Å²) < 4.78 is 0. The van der Waals surface area contributed by atoms with E-state index in [1.807, 2.05) is 0 Å². The zero-order valence-corrected chi connectivity index (χ0v) is 14.5. The van der Waals surface area contributed by atoms with Crippen LogP contribution in [0.3, 0.4) is 0 Å². The van der Waals surface area contributed by atoms with Crippen molar-refractivity contribution in [3.8, 4) is 0 Å². The molecular weight excluding hydrogens is 260 g/mol. The standard InChI is InChI=1S/C18H34N2O/c1-14(2)9-12-20(16-7-5-6-8-16)17(21)18(15(3)4)10-11-19-13-18/h14-16,19H,5-13H2,1-4H3. The number of rotatable bonds is 6. The Kier molecular flexibility index (Phi) is 5.70. The molecule has 122 valence electrons. The van der Waals surface area contributed by atoms with Crippen molar-refractivity contribution in [2.75, 3.05) is 19.6 Å². The Labute approximate surface area is 130 Å². The Morgan fingerprint density at radius 3 is 2.38 bits per heavy atom. The minimum Gasteiger partial charge on any atom is -0.339 e. The van der Waals surface area contributed by atoms with Gasteiger partial charge in [0.05, 0.1) is 5.41 Å². The fourth-order valence-electron chi connectivity index (χ4n) is 3.98. The predicted octanol–water partition coefficient (Wildman–Crippen LogP) is 3.44. The third kappa shape index (κ3) is 3.61. The van der Waals surface area contributed by atoms with Gasteiger partial charge in [0.1, 0.15) is 0 Å². The van der Waals surface area contributed by atoms with Gasteiger partial charge in [-0.3, -0.25) is 4.79 Å². The van der Waals surface area contributed by atoms with E-state index >= 15 is 0 Å². The van der Waals surface area contributed by atoms with E-state index in [0.29, 0.717) is 23.8 Å². The first-order chi connectivity index (χ1) is 9.97. The van der Waals surface area contributed by atoms with Crippen LogP contribution >= 0.6 is 0 Å². The zero-order chi connectivity index (χ0) is 15.5. The maximum atomic E-state index is 13.4. The molecule has 0 aromatic rings. The van der Waals surface area contributed by atoms with Gasteiger partial charge in [0.15, 0.2) is 0 Å². The van der Waals surface area contributed by atoms with Crippen molar-refractivity contribution < 1.29 is 4.79 Å². The number of hydrogen-bond acceptors (Lipinski definition) is 2. The van der Waals surface area contributed by atoms with E-state index in [2.05, 4.69) is 37.9 Å². The predicted molar refractivity (Wildman–Crippen MR) is 88.2 cm³/mol. The van der Waals surface area contributed by atoms with E-state index in [0.717, 1.165) is 32.5 Å². The second kappa shape index (κ2) is 7.13. The Hall–Kier alpha value is -0.570. The van der Waals surface area contributed by atoms with E-state index in [-0.39, 0.29) is 5.41 Å². The van der Waals surface area contributed by atoms with E-state index in [1.165, 1.54) is 25.7 Å². The summed E-state index contributed by atoms with van der Waals surface area (Å²) in [5.74, 6) is 1.52. The molecule has 1 aliphatic heterocycles. The summed E-state index contributed by atoms with van der Waals surface area (Å²) in [6.07, 6.45) is 7.15. The first kappa shape index (κ1) is 16.8. The van der Waals surface area contributed by atoms with Gasteiger partial charge < -0.3 is 10.2 Å². The van der Waals surface area contributed by atoms with E-state index in [9.17, 15) is 4.79 Å². The second-order valence-corrected chi connectivity index (χ2v) is 7.86. The molecule has 3 heteroatoms.